The number of hydrogen-bond donors (Lipinski definition) is 0. The van der Waals surface area contributed by atoms with Crippen molar-refractivity contribution in [3.05, 3.63) is 83.6 Å². The number of aromatic nitrogens is 1. The number of nitrogens with zero attached hydrogens (tertiary/aromatic N) is 1. The van der Waals surface area contributed by atoms with Crippen LogP contribution in [0.2, 0.25) is 0 Å². The molecule has 1 aliphatic carbocycles. The summed E-state index contributed by atoms with van der Waals surface area (Å²) in [5.74, 6) is 2.33. The summed E-state index contributed by atoms with van der Waals surface area (Å²) >= 11 is 0. The molecule has 1 saturated carbocycles. The maximum atomic E-state index is 13.3. The lowest BCUT2D eigenvalue weighted by molar-refractivity contribution is 0.101. The van der Waals surface area contributed by atoms with E-state index in [4.69, 9.17) is 9.47 Å². The molecular formula is C32H35NO3. The minimum absolute atomic E-state index is 0.0390. The SMILES string of the molecule is COc1cccc(Cn2c(C(C)=O)c(-c3ccc(C(C)(C)C)cc3)c3c(OCC4CC4)cccc32)c1. The van der Waals surface area contributed by atoms with Crippen molar-refractivity contribution < 1.29 is 14.3 Å². The fourth-order valence-corrected chi connectivity index (χ4v) is 4.88. The fourth-order valence-electron chi connectivity index (χ4n) is 4.88. The lowest BCUT2D eigenvalue weighted by atomic mass is 9.86. The molecule has 0 amide bonds. The van der Waals surface area contributed by atoms with Gasteiger partial charge in [0, 0.05) is 19.0 Å². The second kappa shape index (κ2) is 9.50. The van der Waals surface area contributed by atoms with Gasteiger partial charge in [-0.1, -0.05) is 63.2 Å². The van der Waals surface area contributed by atoms with Crippen LogP contribution >= 0.6 is 0 Å². The quantitative estimate of drug-likeness (QED) is 0.243. The zero-order valence-corrected chi connectivity index (χ0v) is 21.9. The van der Waals surface area contributed by atoms with Gasteiger partial charge < -0.3 is 14.0 Å². The lowest BCUT2D eigenvalue weighted by Gasteiger charge is -2.19. The summed E-state index contributed by atoms with van der Waals surface area (Å²) in [6.07, 6.45) is 2.46. The molecule has 0 spiro atoms. The largest absolute Gasteiger partial charge is 0.497 e. The molecule has 1 fully saturated rings. The highest BCUT2D eigenvalue weighted by Crippen LogP contribution is 2.42. The summed E-state index contributed by atoms with van der Waals surface area (Å²) in [4.78, 5) is 13.3. The Labute approximate surface area is 213 Å². The van der Waals surface area contributed by atoms with E-state index in [2.05, 4.69) is 61.7 Å². The maximum Gasteiger partial charge on any atom is 0.176 e. The number of carbonyl (C=O) groups excluding carboxylic acids is 1. The molecule has 3 aromatic carbocycles. The van der Waals surface area contributed by atoms with Gasteiger partial charge in [-0.05, 0) is 65.1 Å². The summed E-state index contributed by atoms with van der Waals surface area (Å²) in [6.45, 7) is 9.59. The molecule has 1 heterocycles. The molecule has 0 bridgehead atoms. The van der Waals surface area contributed by atoms with Crippen LogP contribution < -0.4 is 9.47 Å². The Balaban J connectivity index is 1.73. The van der Waals surface area contributed by atoms with Gasteiger partial charge in [0.1, 0.15) is 11.5 Å². The van der Waals surface area contributed by atoms with Crippen molar-refractivity contribution >= 4 is 16.7 Å². The van der Waals surface area contributed by atoms with E-state index < -0.39 is 0 Å². The number of ether oxygens (including phenoxy) is 2. The first-order chi connectivity index (χ1) is 17.3. The number of ketones is 1. The van der Waals surface area contributed by atoms with Gasteiger partial charge >= 0.3 is 0 Å². The highest BCUT2D eigenvalue weighted by atomic mass is 16.5. The predicted molar refractivity (Wildman–Crippen MR) is 146 cm³/mol. The van der Waals surface area contributed by atoms with Crippen molar-refractivity contribution in [2.75, 3.05) is 13.7 Å². The van der Waals surface area contributed by atoms with Crippen molar-refractivity contribution in [3.8, 4) is 22.6 Å². The number of rotatable bonds is 8. The number of hydrogen-bond acceptors (Lipinski definition) is 3. The molecule has 5 rings (SSSR count). The van der Waals surface area contributed by atoms with E-state index in [0.29, 0.717) is 18.2 Å². The Kier molecular flexibility index (Phi) is 6.38. The molecule has 4 heteroatoms. The predicted octanol–water partition coefficient (Wildman–Crippen LogP) is 7.65. The van der Waals surface area contributed by atoms with E-state index in [0.717, 1.165) is 45.7 Å². The molecule has 0 aliphatic heterocycles. The van der Waals surface area contributed by atoms with Crippen molar-refractivity contribution in [2.24, 2.45) is 5.92 Å². The molecule has 0 unspecified atom stereocenters. The molecule has 186 valence electrons. The molecular weight excluding hydrogens is 446 g/mol. The third-order valence-corrected chi connectivity index (χ3v) is 7.07. The number of fused-ring (bicyclic) bond motifs is 1. The molecule has 4 nitrogen and oxygen atoms in total. The third kappa shape index (κ3) is 4.77. The van der Waals surface area contributed by atoms with Crippen molar-refractivity contribution in [2.45, 2.75) is 52.5 Å². The van der Waals surface area contributed by atoms with Gasteiger partial charge in [0.05, 0.1) is 30.3 Å². The Hall–Kier alpha value is -3.53. The molecule has 36 heavy (non-hydrogen) atoms. The molecule has 0 saturated heterocycles. The van der Waals surface area contributed by atoms with Gasteiger partial charge in [-0.2, -0.15) is 0 Å². The number of carbonyl (C=O) groups is 1. The Morgan fingerprint density at radius 1 is 1.00 bits per heavy atom. The standard InChI is InChI=1S/C32H35NO3/c1-21(34)31-29(24-14-16-25(17-15-24)32(2,3)4)30-27(10-7-11-28(30)36-20-22-12-13-22)33(31)19-23-8-6-9-26(18-23)35-5/h6-11,14-18,22H,12-13,19-20H2,1-5H3. The molecule has 1 aromatic heterocycles. The smallest absolute Gasteiger partial charge is 0.176 e. The molecule has 0 radical (unpaired) electrons. The highest BCUT2D eigenvalue weighted by Gasteiger charge is 2.27. The molecule has 0 N–H and O–H groups in total. The number of methoxy groups -OCH3 is 1. The maximum absolute atomic E-state index is 13.3. The van der Waals surface area contributed by atoms with Crippen LogP contribution in [0.15, 0.2) is 66.7 Å². The van der Waals surface area contributed by atoms with Gasteiger partial charge in [-0.15, -0.1) is 0 Å². The zero-order valence-electron chi connectivity index (χ0n) is 21.9. The van der Waals surface area contributed by atoms with Gasteiger partial charge in [-0.3, -0.25) is 4.79 Å². The van der Waals surface area contributed by atoms with Crippen LogP contribution in [0, 0.1) is 5.92 Å². The number of Topliss-reactive ketones (excluding diaryl/α,β-unsaturated/α-hetero) is 1. The minimum atomic E-state index is 0.0390. The van der Waals surface area contributed by atoms with Crippen molar-refractivity contribution in [3.63, 3.8) is 0 Å². The van der Waals surface area contributed by atoms with Crippen LogP contribution in [0.3, 0.4) is 0 Å². The van der Waals surface area contributed by atoms with E-state index in [-0.39, 0.29) is 11.2 Å². The van der Waals surface area contributed by atoms with Crippen LogP contribution in [0.25, 0.3) is 22.0 Å². The van der Waals surface area contributed by atoms with E-state index >= 15 is 0 Å². The second-order valence-electron chi connectivity index (χ2n) is 10.9. The monoisotopic (exact) mass is 481 g/mol. The van der Waals surface area contributed by atoms with E-state index in [1.807, 2.05) is 30.3 Å². The van der Waals surface area contributed by atoms with Crippen LogP contribution in [0.4, 0.5) is 0 Å². The van der Waals surface area contributed by atoms with Gasteiger partial charge in [0.15, 0.2) is 5.78 Å². The fraction of sp³-hybridized carbons (Fsp3) is 0.344. The first-order valence-electron chi connectivity index (χ1n) is 12.8. The normalized spacial score (nSPS) is 13.7. The lowest BCUT2D eigenvalue weighted by Crippen LogP contribution is -2.11. The van der Waals surface area contributed by atoms with Gasteiger partial charge in [0.2, 0.25) is 0 Å². The second-order valence-corrected chi connectivity index (χ2v) is 10.9. The number of benzene rings is 3. The first-order valence-corrected chi connectivity index (χ1v) is 12.8. The Morgan fingerprint density at radius 2 is 1.72 bits per heavy atom. The Bertz CT molecular complexity index is 1400. The van der Waals surface area contributed by atoms with Crippen LogP contribution in [0.1, 0.15) is 62.2 Å². The Morgan fingerprint density at radius 3 is 2.36 bits per heavy atom. The summed E-state index contributed by atoms with van der Waals surface area (Å²) in [5, 5.41) is 1.01. The summed E-state index contributed by atoms with van der Waals surface area (Å²) < 4.78 is 14.0. The average molecular weight is 482 g/mol. The molecule has 4 aromatic rings. The van der Waals surface area contributed by atoms with Gasteiger partial charge in [-0.25, -0.2) is 0 Å². The minimum Gasteiger partial charge on any atom is -0.497 e. The summed E-state index contributed by atoms with van der Waals surface area (Å²) in [7, 11) is 1.67. The topological polar surface area (TPSA) is 40.5 Å². The molecule has 1 aliphatic rings. The van der Waals surface area contributed by atoms with Crippen LogP contribution in [-0.2, 0) is 12.0 Å². The average Bonchev–Trinajstić information content (AvgIpc) is 3.63. The van der Waals surface area contributed by atoms with Crippen LogP contribution in [0.5, 0.6) is 11.5 Å². The van der Waals surface area contributed by atoms with Crippen LogP contribution in [-0.4, -0.2) is 24.1 Å². The van der Waals surface area contributed by atoms with E-state index in [1.54, 1.807) is 14.0 Å². The first kappa shape index (κ1) is 24.2. The van der Waals surface area contributed by atoms with Crippen molar-refractivity contribution in [1.82, 2.24) is 4.57 Å². The van der Waals surface area contributed by atoms with Gasteiger partial charge in [0.25, 0.3) is 0 Å². The summed E-state index contributed by atoms with van der Waals surface area (Å²) in [6, 6.07) is 22.9. The van der Waals surface area contributed by atoms with E-state index in [1.165, 1.54) is 18.4 Å². The summed E-state index contributed by atoms with van der Waals surface area (Å²) in [5.41, 5.74) is 6.09. The van der Waals surface area contributed by atoms with E-state index in [9.17, 15) is 4.79 Å². The van der Waals surface area contributed by atoms with Crippen molar-refractivity contribution in [1.29, 1.82) is 0 Å². The highest BCUT2D eigenvalue weighted by molar-refractivity contribution is 6.12. The molecule has 0 atom stereocenters. The third-order valence-electron chi connectivity index (χ3n) is 7.07. The zero-order chi connectivity index (χ0) is 25.4.